The van der Waals surface area contributed by atoms with E-state index in [1.165, 1.54) is 11.1 Å². The Bertz CT molecular complexity index is 578. The van der Waals surface area contributed by atoms with Gasteiger partial charge in [-0.15, -0.1) is 0 Å². The quantitative estimate of drug-likeness (QED) is 0.765. The van der Waals surface area contributed by atoms with Crippen LogP contribution in [-0.4, -0.2) is 11.2 Å². The maximum atomic E-state index is 5.38. The van der Waals surface area contributed by atoms with Crippen LogP contribution in [0.2, 0.25) is 0 Å². The fourth-order valence-corrected chi connectivity index (χ4v) is 2.63. The van der Waals surface area contributed by atoms with Gasteiger partial charge in [-0.1, -0.05) is 49.4 Å². The molecule has 0 aliphatic rings. The van der Waals surface area contributed by atoms with Crippen LogP contribution in [0.25, 0.3) is 0 Å². The van der Waals surface area contributed by atoms with Gasteiger partial charge in [-0.05, 0) is 61.7 Å². The van der Waals surface area contributed by atoms with Crippen molar-refractivity contribution in [1.29, 1.82) is 0 Å². The van der Waals surface area contributed by atoms with Gasteiger partial charge in [0.2, 0.25) is 0 Å². The number of thiocarbonyl (C=S) groups is 1. The van der Waals surface area contributed by atoms with Crippen molar-refractivity contribution in [3.63, 3.8) is 0 Å². The van der Waals surface area contributed by atoms with Gasteiger partial charge in [0.15, 0.2) is 5.11 Å². The van der Waals surface area contributed by atoms with Crippen LogP contribution in [0.1, 0.15) is 31.4 Å². The lowest BCUT2D eigenvalue weighted by Gasteiger charge is -2.17. The summed E-state index contributed by atoms with van der Waals surface area (Å²) in [5.41, 5.74) is 3.73. The maximum absolute atomic E-state index is 5.38. The summed E-state index contributed by atoms with van der Waals surface area (Å²) in [6.45, 7) is 4.32. The molecule has 2 aromatic rings. The molecule has 0 fully saturated rings. The van der Waals surface area contributed by atoms with Gasteiger partial charge >= 0.3 is 0 Å². The first-order valence-electron chi connectivity index (χ1n) is 7.87. The van der Waals surface area contributed by atoms with E-state index in [0.29, 0.717) is 11.2 Å². The number of rotatable bonds is 6. The fraction of sp³-hybridized carbons (Fsp3) is 0.316. The summed E-state index contributed by atoms with van der Waals surface area (Å²) in [5, 5.41) is 7.28. The minimum Gasteiger partial charge on any atom is -0.360 e. The Morgan fingerprint density at radius 3 is 2.32 bits per heavy atom. The normalized spacial score (nSPS) is 11.7. The molecule has 0 spiro atoms. The van der Waals surface area contributed by atoms with Gasteiger partial charge in [0.05, 0.1) is 0 Å². The molecule has 116 valence electrons. The molecule has 2 rings (SSSR count). The molecule has 1 atom stereocenters. The Hall–Kier alpha value is -1.87. The molecule has 1 unspecified atom stereocenters. The molecule has 2 nitrogen and oxygen atoms in total. The van der Waals surface area contributed by atoms with Gasteiger partial charge in [-0.2, -0.15) is 0 Å². The van der Waals surface area contributed by atoms with E-state index in [1.54, 1.807) is 0 Å². The topological polar surface area (TPSA) is 24.1 Å². The summed E-state index contributed by atoms with van der Waals surface area (Å²) in [7, 11) is 0. The molecule has 0 radical (unpaired) electrons. The average molecular weight is 312 g/mol. The van der Waals surface area contributed by atoms with E-state index in [0.717, 1.165) is 24.9 Å². The Morgan fingerprint density at radius 1 is 1.00 bits per heavy atom. The molecule has 0 saturated carbocycles. The van der Waals surface area contributed by atoms with Gasteiger partial charge in [0, 0.05) is 11.7 Å². The van der Waals surface area contributed by atoms with Crippen LogP contribution in [0, 0.1) is 0 Å². The van der Waals surface area contributed by atoms with Gasteiger partial charge < -0.3 is 10.6 Å². The third-order valence-corrected chi connectivity index (χ3v) is 3.93. The van der Waals surface area contributed by atoms with Gasteiger partial charge in [0.1, 0.15) is 0 Å². The Labute approximate surface area is 139 Å². The van der Waals surface area contributed by atoms with Crippen molar-refractivity contribution in [3.05, 3.63) is 65.7 Å². The smallest absolute Gasteiger partial charge is 0.170 e. The lowest BCUT2D eigenvalue weighted by Crippen LogP contribution is -2.36. The van der Waals surface area contributed by atoms with Crippen LogP contribution in [0.4, 0.5) is 5.69 Å². The molecule has 0 aliphatic carbocycles. The van der Waals surface area contributed by atoms with Crippen molar-refractivity contribution >= 4 is 23.0 Å². The largest absolute Gasteiger partial charge is 0.360 e. The summed E-state index contributed by atoms with van der Waals surface area (Å²) in [4.78, 5) is 0. The second-order valence-corrected chi connectivity index (χ2v) is 5.98. The molecule has 0 amide bonds. The highest BCUT2D eigenvalue weighted by Gasteiger charge is 2.05. The van der Waals surface area contributed by atoms with Crippen LogP contribution in [0.5, 0.6) is 0 Å². The van der Waals surface area contributed by atoms with Crippen molar-refractivity contribution in [2.75, 3.05) is 5.32 Å². The van der Waals surface area contributed by atoms with E-state index in [1.807, 2.05) is 6.07 Å². The maximum Gasteiger partial charge on any atom is 0.170 e. The third kappa shape index (κ3) is 5.49. The second kappa shape index (κ2) is 8.54. The molecule has 2 aromatic carbocycles. The molecule has 0 aromatic heterocycles. The average Bonchev–Trinajstić information content (AvgIpc) is 2.54. The first-order valence-corrected chi connectivity index (χ1v) is 8.28. The highest BCUT2D eigenvalue weighted by Crippen LogP contribution is 2.10. The summed E-state index contributed by atoms with van der Waals surface area (Å²) >= 11 is 5.38. The molecule has 22 heavy (non-hydrogen) atoms. The zero-order valence-electron chi connectivity index (χ0n) is 13.3. The highest BCUT2D eigenvalue weighted by atomic mass is 32.1. The zero-order chi connectivity index (χ0) is 15.8. The van der Waals surface area contributed by atoms with Crippen LogP contribution in [-0.2, 0) is 12.8 Å². The monoisotopic (exact) mass is 312 g/mol. The molecule has 0 bridgehead atoms. The number of anilines is 1. The minimum atomic E-state index is 0.343. The van der Waals surface area contributed by atoms with E-state index in [4.69, 9.17) is 12.2 Å². The number of nitrogens with one attached hydrogen (secondary N) is 2. The van der Waals surface area contributed by atoms with Gasteiger partial charge in [-0.3, -0.25) is 0 Å². The molecule has 0 saturated heterocycles. The Balaban J connectivity index is 1.75. The van der Waals surface area contributed by atoms with Crippen LogP contribution in [0.3, 0.4) is 0 Å². The van der Waals surface area contributed by atoms with E-state index in [-0.39, 0.29) is 0 Å². The first-order chi connectivity index (χ1) is 10.7. The third-order valence-electron chi connectivity index (χ3n) is 3.71. The fourth-order valence-electron chi connectivity index (χ4n) is 2.31. The summed E-state index contributed by atoms with van der Waals surface area (Å²) in [5.74, 6) is 0. The molecule has 3 heteroatoms. The van der Waals surface area contributed by atoms with Crippen LogP contribution in [0.15, 0.2) is 54.6 Å². The second-order valence-electron chi connectivity index (χ2n) is 5.57. The molecule has 0 heterocycles. The van der Waals surface area contributed by atoms with E-state index in [9.17, 15) is 0 Å². The number of hydrogen-bond donors (Lipinski definition) is 2. The Morgan fingerprint density at radius 2 is 1.68 bits per heavy atom. The van der Waals surface area contributed by atoms with Gasteiger partial charge in [0.25, 0.3) is 0 Å². The van der Waals surface area contributed by atoms with Crippen molar-refractivity contribution in [2.45, 2.75) is 39.2 Å². The summed E-state index contributed by atoms with van der Waals surface area (Å²) in [6, 6.07) is 19.3. The molecule has 2 N–H and O–H groups in total. The van der Waals surface area contributed by atoms with Crippen molar-refractivity contribution in [1.82, 2.24) is 5.32 Å². The standard InChI is InChI=1S/C19H24N2S/c1-3-16-11-13-18(14-12-16)21-19(22)20-15(2)9-10-17-7-5-4-6-8-17/h4-8,11-15H,3,9-10H2,1-2H3,(H2,20,21,22). The summed E-state index contributed by atoms with van der Waals surface area (Å²) < 4.78 is 0. The first kappa shape index (κ1) is 16.5. The van der Waals surface area contributed by atoms with Crippen molar-refractivity contribution < 1.29 is 0 Å². The van der Waals surface area contributed by atoms with Crippen LogP contribution < -0.4 is 10.6 Å². The lowest BCUT2D eigenvalue weighted by atomic mass is 10.1. The Kier molecular flexibility index (Phi) is 6.41. The number of benzene rings is 2. The number of hydrogen-bond acceptors (Lipinski definition) is 1. The zero-order valence-corrected chi connectivity index (χ0v) is 14.1. The van der Waals surface area contributed by atoms with Crippen molar-refractivity contribution in [3.8, 4) is 0 Å². The lowest BCUT2D eigenvalue weighted by molar-refractivity contribution is 0.609. The number of aryl methyl sites for hydroxylation is 2. The van der Waals surface area contributed by atoms with E-state index in [2.05, 4.69) is 73.0 Å². The predicted molar refractivity (Wildman–Crippen MR) is 99.4 cm³/mol. The minimum absolute atomic E-state index is 0.343. The SMILES string of the molecule is CCc1ccc(NC(=S)NC(C)CCc2ccccc2)cc1. The predicted octanol–water partition coefficient (Wildman–Crippen LogP) is 4.56. The van der Waals surface area contributed by atoms with E-state index >= 15 is 0 Å². The highest BCUT2D eigenvalue weighted by molar-refractivity contribution is 7.80. The van der Waals surface area contributed by atoms with Crippen LogP contribution >= 0.6 is 12.2 Å². The summed E-state index contributed by atoms with van der Waals surface area (Å²) in [6.07, 6.45) is 3.17. The van der Waals surface area contributed by atoms with E-state index < -0.39 is 0 Å². The molecule has 0 aliphatic heterocycles. The van der Waals surface area contributed by atoms with Gasteiger partial charge in [-0.25, -0.2) is 0 Å². The van der Waals surface area contributed by atoms with Crippen molar-refractivity contribution in [2.24, 2.45) is 0 Å². The molecular formula is C19H24N2S. The molecular weight excluding hydrogens is 288 g/mol.